The molecule has 0 aliphatic rings. The summed E-state index contributed by atoms with van der Waals surface area (Å²) in [5.41, 5.74) is 0.416. The van der Waals surface area contributed by atoms with Gasteiger partial charge in [0.2, 0.25) is 0 Å². The number of carbonyl (C=O) groups excluding carboxylic acids is 1. The van der Waals surface area contributed by atoms with E-state index in [4.69, 9.17) is 4.74 Å². The third-order valence-electron chi connectivity index (χ3n) is 2.98. The van der Waals surface area contributed by atoms with E-state index in [1.807, 2.05) is 18.4 Å². The normalized spacial score (nSPS) is 11.0. The van der Waals surface area contributed by atoms with Crippen LogP contribution in [0.15, 0.2) is 58.3 Å². The van der Waals surface area contributed by atoms with Gasteiger partial charge < -0.3 is 10.1 Å². The molecule has 0 saturated carbocycles. The first-order valence-corrected chi connectivity index (χ1v) is 9.87. The number of nitrogens with one attached hydrogen (secondary N) is 1. The Morgan fingerprint density at radius 3 is 2.48 bits per heavy atom. The Morgan fingerprint density at radius 2 is 1.87 bits per heavy atom. The predicted molar refractivity (Wildman–Crippen MR) is 91.9 cm³/mol. The molecule has 0 unspecified atom stereocenters. The molecule has 0 aliphatic heterocycles. The van der Waals surface area contributed by atoms with E-state index in [1.165, 1.54) is 12.1 Å². The van der Waals surface area contributed by atoms with Gasteiger partial charge in [-0.2, -0.15) is 0 Å². The van der Waals surface area contributed by atoms with Crippen molar-refractivity contribution < 1.29 is 17.9 Å². The van der Waals surface area contributed by atoms with Crippen LogP contribution in [0.5, 0.6) is 5.75 Å². The maximum atomic E-state index is 11.9. The largest absolute Gasteiger partial charge is 0.484 e. The number of carbonyl (C=O) groups is 1. The quantitative estimate of drug-likeness (QED) is 0.810. The van der Waals surface area contributed by atoms with Crippen molar-refractivity contribution in [3.8, 4) is 5.75 Å². The van der Waals surface area contributed by atoms with E-state index in [1.54, 1.807) is 36.0 Å². The zero-order chi connectivity index (χ0) is 16.9. The molecule has 2 aromatic rings. The van der Waals surface area contributed by atoms with Gasteiger partial charge in [-0.05, 0) is 48.7 Å². The summed E-state index contributed by atoms with van der Waals surface area (Å²) in [6.45, 7) is -0.151. The van der Waals surface area contributed by atoms with Gasteiger partial charge in [0, 0.05) is 16.8 Å². The fourth-order valence-corrected chi connectivity index (χ4v) is 2.90. The van der Waals surface area contributed by atoms with E-state index >= 15 is 0 Å². The highest BCUT2D eigenvalue weighted by Crippen LogP contribution is 2.19. The van der Waals surface area contributed by atoms with Gasteiger partial charge in [0.05, 0.1) is 4.90 Å². The smallest absolute Gasteiger partial charge is 0.262 e. The number of anilines is 1. The van der Waals surface area contributed by atoms with E-state index < -0.39 is 9.84 Å². The van der Waals surface area contributed by atoms with Crippen LogP contribution >= 0.6 is 11.8 Å². The number of amides is 1. The average molecular weight is 351 g/mol. The SMILES string of the molecule is CSc1ccc(OCC(=O)Nc2cccc(S(C)(=O)=O)c2)cc1. The molecule has 2 aromatic carbocycles. The molecule has 1 amide bonds. The van der Waals surface area contributed by atoms with Crippen molar-refractivity contribution in [2.24, 2.45) is 0 Å². The topological polar surface area (TPSA) is 72.5 Å². The van der Waals surface area contributed by atoms with E-state index in [-0.39, 0.29) is 17.4 Å². The van der Waals surface area contributed by atoms with Gasteiger partial charge in [-0.3, -0.25) is 4.79 Å². The minimum Gasteiger partial charge on any atom is -0.484 e. The summed E-state index contributed by atoms with van der Waals surface area (Å²) in [6.07, 6.45) is 3.10. The van der Waals surface area contributed by atoms with Crippen molar-refractivity contribution in [2.75, 3.05) is 24.4 Å². The average Bonchev–Trinajstić information content (AvgIpc) is 2.53. The standard InChI is InChI=1S/C16H17NO4S2/c1-22-14-8-6-13(7-9-14)21-11-16(18)17-12-4-3-5-15(10-12)23(2,19)20/h3-10H,11H2,1-2H3,(H,17,18). The molecule has 0 saturated heterocycles. The summed E-state index contributed by atoms with van der Waals surface area (Å²) >= 11 is 1.62. The highest BCUT2D eigenvalue weighted by atomic mass is 32.2. The second kappa shape index (κ2) is 7.52. The first kappa shape index (κ1) is 17.4. The van der Waals surface area contributed by atoms with Gasteiger partial charge in [-0.15, -0.1) is 11.8 Å². The molecule has 0 aliphatic carbocycles. The van der Waals surface area contributed by atoms with E-state index in [0.717, 1.165) is 11.2 Å². The summed E-state index contributed by atoms with van der Waals surface area (Å²) in [6, 6.07) is 13.5. The fraction of sp³-hybridized carbons (Fsp3) is 0.188. The zero-order valence-electron chi connectivity index (χ0n) is 12.8. The van der Waals surface area contributed by atoms with E-state index in [2.05, 4.69) is 5.32 Å². The van der Waals surface area contributed by atoms with Crippen LogP contribution in [0.25, 0.3) is 0 Å². The molecule has 2 rings (SSSR count). The van der Waals surface area contributed by atoms with Crippen LogP contribution in [-0.2, 0) is 14.6 Å². The maximum absolute atomic E-state index is 11.9. The Balaban J connectivity index is 1.94. The van der Waals surface area contributed by atoms with Crippen LogP contribution in [0, 0.1) is 0 Å². The summed E-state index contributed by atoms with van der Waals surface area (Å²) in [5, 5.41) is 2.61. The highest BCUT2D eigenvalue weighted by molar-refractivity contribution is 7.98. The molecule has 0 radical (unpaired) electrons. The maximum Gasteiger partial charge on any atom is 0.262 e. The Hall–Kier alpha value is -1.99. The number of benzene rings is 2. The van der Waals surface area contributed by atoms with Gasteiger partial charge in [-0.25, -0.2) is 8.42 Å². The van der Waals surface area contributed by atoms with E-state index in [0.29, 0.717) is 11.4 Å². The molecule has 1 N–H and O–H groups in total. The molecule has 0 heterocycles. The van der Waals surface area contributed by atoms with Crippen molar-refractivity contribution in [3.05, 3.63) is 48.5 Å². The van der Waals surface area contributed by atoms with Gasteiger partial charge in [0.15, 0.2) is 16.4 Å². The van der Waals surface area contributed by atoms with E-state index in [9.17, 15) is 13.2 Å². The Morgan fingerprint density at radius 1 is 1.17 bits per heavy atom. The Kier molecular flexibility index (Phi) is 5.68. The monoisotopic (exact) mass is 351 g/mol. The van der Waals surface area contributed by atoms with Crippen molar-refractivity contribution in [3.63, 3.8) is 0 Å². The molecule has 7 heteroatoms. The second-order valence-electron chi connectivity index (χ2n) is 4.81. The molecule has 0 spiro atoms. The number of rotatable bonds is 6. The van der Waals surface area contributed by atoms with Gasteiger partial charge in [0.25, 0.3) is 5.91 Å². The third kappa shape index (κ3) is 5.30. The summed E-state index contributed by atoms with van der Waals surface area (Å²) in [5.74, 6) is 0.243. The molecule has 0 aromatic heterocycles. The van der Waals surface area contributed by atoms with Gasteiger partial charge in [-0.1, -0.05) is 6.07 Å². The molecular formula is C16H17NO4S2. The predicted octanol–water partition coefficient (Wildman–Crippen LogP) is 2.83. The molecular weight excluding hydrogens is 334 g/mol. The molecule has 23 heavy (non-hydrogen) atoms. The number of hydrogen-bond acceptors (Lipinski definition) is 5. The molecule has 122 valence electrons. The summed E-state index contributed by atoms with van der Waals surface area (Å²) in [4.78, 5) is 13.1. The minimum absolute atomic E-state index is 0.151. The zero-order valence-corrected chi connectivity index (χ0v) is 14.4. The first-order valence-electron chi connectivity index (χ1n) is 6.75. The third-order valence-corrected chi connectivity index (χ3v) is 4.83. The Labute approximate surface area is 140 Å². The summed E-state index contributed by atoms with van der Waals surface area (Å²) in [7, 11) is -3.31. The lowest BCUT2D eigenvalue weighted by molar-refractivity contribution is -0.118. The fourth-order valence-electron chi connectivity index (χ4n) is 1.82. The van der Waals surface area contributed by atoms with Crippen molar-refractivity contribution >= 4 is 33.2 Å². The first-order chi connectivity index (χ1) is 10.9. The highest BCUT2D eigenvalue weighted by Gasteiger charge is 2.09. The lowest BCUT2D eigenvalue weighted by Gasteiger charge is -2.09. The second-order valence-corrected chi connectivity index (χ2v) is 7.71. The van der Waals surface area contributed by atoms with Crippen LogP contribution in [0.1, 0.15) is 0 Å². The number of thioether (sulfide) groups is 1. The van der Waals surface area contributed by atoms with Crippen molar-refractivity contribution in [1.29, 1.82) is 0 Å². The Bertz CT molecular complexity index is 786. The van der Waals surface area contributed by atoms with Crippen LogP contribution in [0.4, 0.5) is 5.69 Å². The van der Waals surface area contributed by atoms with Crippen molar-refractivity contribution in [1.82, 2.24) is 0 Å². The van der Waals surface area contributed by atoms with Crippen LogP contribution in [0.2, 0.25) is 0 Å². The number of ether oxygens (including phenoxy) is 1. The van der Waals surface area contributed by atoms with Gasteiger partial charge in [0.1, 0.15) is 5.75 Å². The summed E-state index contributed by atoms with van der Waals surface area (Å²) < 4.78 is 28.4. The van der Waals surface area contributed by atoms with Gasteiger partial charge >= 0.3 is 0 Å². The lowest BCUT2D eigenvalue weighted by Crippen LogP contribution is -2.20. The van der Waals surface area contributed by atoms with Crippen LogP contribution in [-0.4, -0.2) is 33.4 Å². The number of hydrogen-bond donors (Lipinski definition) is 1. The molecule has 5 nitrogen and oxygen atoms in total. The van der Waals surface area contributed by atoms with Crippen molar-refractivity contribution in [2.45, 2.75) is 9.79 Å². The van der Waals surface area contributed by atoms with Crippen LogP contribution in [0.3, 0.4) is 0 Å². The van der Waals surface area contributed by atoms with Crippen LogP contribution < -0.4 is 10.1 Å². The lowest BCUT2D eigenvalue weighted by atomic mass is 10.3. The molecule has 0 fully saturated rings. The molecule has 0 bridgehead atoms. The molecule has 0 atom stereocenters. The minimum atomic E-state index is -3.31. The number of sulfone groups is 1.